The molecule has 1 saturated carbocycles. The van der Waals surface area contributed by atoms with E-state index in [1.807, 2.05) is 0 Å². The van der Waals surface area contributed by atoms with Crippen LogP contribution in [0.1, 0.15) is 29.9 Å². The van der Waals surface area contributed by atoms with Gasteiger partial charge in [0.05, 0.1) is 5.56 Å². The van der Waals surface area contributed by atoms with Gasteiger partial charge in [0.2, 0.25) is 0 Å². The van der Waals surface area contributed by atoms with Gasteiger partial charge in [0.1, 0.15) is 29.6 Å². The van der Waals surface area contributed by atoms with Crippen LogP contribution in [0.3, 0.4) is 0 Å². The van der Waals surface area contributed by atoms with Gasteiger partial charge in [0.25, 0.3) is 5.91 Å². The van der Waals surface area contributed by atoms with Gasteiger partial charge in [0, 0.05) is 12.1 Å². The van der Waals surface area contributed by atoms with Crippen molar-refractivity contribution in [3.63, 3.8) is 0 Å². The van der Waals surface area contributed by atoms with E-state index >= 15 is 0 Å². The number of carbonyl (C=O) groups is 1. The maximum atomic E-state index is 12.7. The average molecular weight is 408 g/mol. The Kier molecular flexibility index (Phi) is 4.62. The predicted molar refractivity (Wildman–Crippen MR) is 98.1 cm³/mol. The number of carbonyl (C=O) groups excluding carboxylic acids is 1. The number of benzene rings is 1. The predicted octanol–water partition coefficient (Wildman–Crippen LogP) is 4.10. The van der Waals surface area contributed by atoms with Gasteiger partial charge in [-0.1, -0.05) is 6.07 Å². The lowest BCUT2D eigenvalue weighted by Crippen LogP contribution is -2.32. The van der Waals surface area contributed by atoms with Crippen LogP contribution < -0.4 is 10.1 Å². The lowest BCUT2D eigenvalue weighted by Gasteiger charge is -2.11. The normalized spacial score (nSPS) is 18.7. The van der Waals surface area contributed by atoms with Crippen LogP contribution in [-0.4, -0.2) is 22.0 Å². The summed E-state index contributed by atoms with van der Waals surface area (Å²) in [7, 11) is 0. The first kappa shape index (κ1) is 18.5. The van der Waals surface area contributed by atoms with E-state index in [4.69, 9.17) is 21.4 Å². The highest BCUT2D eigenvalue weighted by atomic mass is 32.1. The molecule has 2 fully saturated rings. The molecule has 2 aromatic rings. The van der Waals surface area contributed by atoms with E-state index in [9.17, 15) is 18.0 Å². The van der Waals surface area contributed by atoms with E-state index in [1.165, 1.54) is 12.1 Å². The SMILES string of the molecule is O=C1/C(=C\c2ccc(COc3cccc(C(F)(F)F)c3)o2)NC(=S)N1C1CC1. The second kappa shape index (κ2) is 6.97. The summed E-state index contributed by atoms with van der Waals surface area (Å²) < 4.78 is 49.2. The number of alkyl halides is 3. The molecule has 1 aliphatic heterocycles. The minimum Gasteiger partial charge on any atom is -0.486 e. The van der Waals surface area contributed by atoms with E-state index in [1.54, 1.807) is 23.1 Å². The lowest BCUT2D eigenvalue weighted by atomic mass is 10.2. The van der Waals surface area contributed by atoms with Gasteiger partial charge in [-0.25, -0.2) is 0 Å². The summed E-state index contributed by atoms with van der Waals surface area (Å²) in [4.78, 5) is 14.0. The third kappa shape index (κ3) is 3.89. The van der Waals surface area contributed by atoms with E-state index in [-0.39, 0.29) is 24.3 Å². The van der Waals surface area contributed by atoms with Crippen LogP contribution in [0.5, 0.6) is 5.75 Å². The molecular weight excluding hydrogens is 393 g/mol. The quantitative estimate of drug-likeness (QED) is 0.597. The van der Waals surface area contributed by atoms with E-state index < -0.39 is 11.7 Å². The maximum Gasteiger partial charge on any atom is 0.416 e. The molecular formula is C19H15F3N2O3S. The Morgan fingerprint density at radius 3 is 2.79 bits per heavy atom. The molecule has 4 rings (SSSR count). The zero-order chi connectivity index (χ0) is 19.9. The van der Waals surface area contributed by atoms with Crippen LogP contribution >= 0.6 is 12.2 Å². The van der Waals surface area contributed by atoms with Crippen molar-refractivity contribution in [2.75, 3.05) is 0 Å². The molecule has 1 N–H and O–H groups in total. The fourth-order valence-corrected chi connectivity index (χ4v) is 3.16. The number of thiocarbonyl (C=S) groups is 1. The molecule has 0 unspecified atom stereocenters. The molecule has 0 atom stereocenters. The molecule has 9 heteroatoms. The van der Waals surface area contributed by atoms with Crippen molar-refractivity contribution < 1.29 is 27.1 Å². The first-order valence-corrected chi connectivity index (χ1v) is 8.97. The number of hydrogen-bond donors (Lipinski definition) is 1. The topological polar surface area (TPSA) is 54.7 Å². The van der Waals surface area contributed by atoms with Crippen LogP contribution in [-0.2, 0) is 17.6 Å². The van der Waals surface area contributed by atoms with E-state index in [2.05, 4.69) is 5.32 Å². The van der Waals surface area contributed by atoms with Crippen molar-refractivity contribution >= 4 is 29.3 Å². The van der Waals surface area contributed by atoms with Gasteiger partial charge in [-0.05, 0) is 55.4 Å². The van der Waals surface area contributed by atoms with Crippen molar-refractivity contribution in [3.05, 3.63) is 59.2 Å². The first-order chi connectivity index (χ1) is 13.3. The van der Waals surface area contributed by atoms with Crippen molar-refractivity contribution in [2.45, 2.75) is 31.7 Å². The van der Waals surface area contributed by atoms with Gasteiger partial charge >= 0.3 is 6.18 Å². The molecule has 5 nitrogen and oxygen atoms in total. The Morgan fingerprint density at radius 2 is 2.07 bits per heavy atom. The number of hydrogen-bond acceptors (Lipinski definition) is 4. The van der Waals surface area contributed by atoms with Crippen LogP contribution in [0, 0.1) is 0 Å². The summed E-state index contributed by atoms with van der Waals surface area (Å²) >= 11 is 5.19. The van der Waals surface area contributed by atoms with E-state index in [0.717, 1.165) is 25.0 Å². The largest absolute Gasteiger partial charge is 0.486 e. The highest BCUT2D eigenvalue weighted by Gasteiger charge is 2.41. The Morgan fingerprint density at radius 1 is 1.29 bits per heavy atom. The van der Waals surface area contributed by atoms with Crippen LogP contribution in [0.4, 0.5) is 13.2 Å². The van der Waals surface area contributed by atoms with Gasteiger partial charge in [-0.15, -0.1) is 0 Å². The minimum absolute atomic E-state index is 0.0432. The summed E-state index contributed by atoms with van der Waals surface area (Å²) in [5.74, 6) is 0.727. The molecule has 1 aromatic carbocycles. The lowest BCUT2D eigenvalue weighted by molar-refractivity contribution is -0.137. The standard InChI is InChI=1S/C19H15F3N2O3S/c20-19(21,22)11-2-1-3-13(8-11)26-10-15-7-6-14(27-15)9-16-17(25)24(12-4-5-12)18(28)23-16/h1-3,6-9,12H,4-5,10H2,(H,23,28)/b16-9+. The summed E-state index contributed by atoms with van der Waals surface area (Å²) in [6, 6.07) is 8.08. The molecule has 1 aliphatic carbocycles. The number of ether oxygens (including phenoxy) is 1. The fraction of sp³-hybridized carbons (Fsp3) is 0.263. The van der Waals surface area contributed by atoms with Crippen molar-refractivity contribution in [1.29, 1.82) is 0 Å². The Balaban J connectivity index is 1.41. The van der Waals surface area contributed by atoms with Crippen LogP contribution in [0.2, 0.25) is 0 Å². The Labute approximate surface area is 163 Å². The third-order valence-corrected chi connectivity index (χ3v) is 4.63. The highest BCUT2D eigenvalue weighted by Crippen LogP contribution is 2.32. The molecule has 2 heterocycles. The van der Waals surface area contributed by atoms with Gasteiger partial charge in [-0.3, -0.25) is 9.69 Å². The number of halogens is 3. The van der Waals surface area contributed by atoms with Crippen molar-refractivity contribution in [1.82, 2.24) is 10.2 Å². The summed E-state index contributed by atoms with van der Waals surface area (Å²) in [6.07, 6.45) is -0.999. The molecule has 1 aromatic heterocycles. The number of nitrogens with zero attached hydrogens (tertiary/aromatic N) is 1. The second-order valence-corrected chi connectivity index (χ2v) is 6.90. The van der Waals surface area contributed by atoms with Gasteiger partial charge < -0.3 is 14.5 Å². The zero-order valence-corrected chi connectivity index (χ0v) is 15.3. The molecule has 1 amide bonds. The molecule has 146 valence electrons. The fourth-order valence-electron chi connectivity index (χ4n) is 2.82. The molecule has 0 spiro atoms. The monoisotopic (exact) mass is 408 g/mol. The maximum absolute atomic E-state index is 12.7. The number of amides is 1. The summed E-state index contributed by atoms with van der Waals surface area (Å²) in [5, 5.41) is 3.27. The number of nitrogens with one attached hydrogen (secondary N) is 1. The first-order valence-electron chi connectivity index (χ1n) is 8.56. The molecule has 0 radical (unpaired) electrons. The second-order valence-electron chi connectivity index (χ2n) is 6.51. The smallest absolute Gasteiger partial charge is 0.416 e. The number of furan rings is 1. The molecule has 1 saturated heterocycles. The minimum atomic E-state index is -4.43. The Hall–Kier alpha value is -2.81. The molecule has 2 aliphatic rings. The van der Waals surface area contributed by atoms with Crippen molar-refractivity contribution in [2.24, 2.45) is 0 Å². The van der Waals surface area contributed by atoms with Crippen LogP contribution in [0.15, 0.2) is 46.5 Å². The summed E-state index contributed by atoms with van der Waals surface area (Å²) in [5.41, 5.74) is -0.450. The Bertz CT molecular complexity index is 963. The van der Waals surface area contributed by atoms with Crippen molar-refractivity contribution in [3.8, 4) is 5.75 Å². The summed E-state index contributed by atoms with van der Waals surface area (Å²) in [6.45, 7) is -0.0432. The average Bonchev–Trinajstić information content (AvgIpc) is 3.30. The molecule has 0 bridgehead atoms. The number of rotatable bonds is 5. The van der Waals surface area contributed by atoms with E-state index in [0.29, 0.717) is 22.3 Å². The van der Waals surface area contributed by atoms with Gasteiger partial charge in [0.15, 0.2) is 5.11 Å². The van der Waals surface area contributed by atoms with Crippen LogP contribution in [0.25, 0.3) is 6.08 Å². The third-order valence-electron chi connectivity index (χ3n) is 4.33. The highest BCUT2D eigenvalue weighted by molar-refractivity contribution is 7.80. The molecule has 28 heavy (non-hydrogen) atoms. The zero-order valence-electron chi connectivity index (χ0n) is 14.5. The van der Waals surface area contributed by atoms with Gasteiger partial charge in [-0.2, -0.15) is 13.2 Å².